The zero-order valence-electron chi connectivity index (χ0n) is 11.9. The summed E-state index contributed by atoms with van der Waals surface area (Å²) in [5, 5.41) is 3.22. The van der Waals surface area contributed by atoms with E-state index in [-0.39, 0.29) is 12.5 Å². The van der Waals surface area contributed by atoms with E-state index in [0.29, 0.717) is 39.0 Å². The van der Waals surface area contributed by atoms with Gasteiger partial charge >= 0.3 is 0 Å². The minimum Gasteiger partial charge on any atom is -0.368 e. The van der Waals surface area contributed by atoms with Crippen LogP contribution in [0.2, 0.25) is 0 Å². The highest BCUT2D eigenvalue weighted by atomic mass is 19.3. The first-order chi connectivity index (χ1) is 9.57. The summed E-state index contributed by atoms with van der Waals surface area (Å²) in [6.07, 6.45) is -0.980. The van der Waals surface area contributed by atoms with Crippen LogP contribution in [-0.2, 0) is 9.53 Å². The number of rotatable bonds is 4. The Morgan fingerprint density at radius 3 is 2.35 bits per heavy atom. The molecule has 0 aromatic rings. The maximum absolute atomic E-state index is 12.6. The molecule has 2 aliphatic heterocycles. The number of alkyl halides is 2. The van der Waals surface area contributed by atoms with Crippen LogP contribution in [0.1, 0.15) is 12.8 Å². The molecule has 5 nitrogen and oxygen atoms in total. The molecular formula is C13H23F2N3O2. The van der Waals surface area contributed by atoms with E-state index >= 15 is 0 Å². The molecule has 1 amide bonds. The Kier molecular flexibility index (Phi) is 5.29. The molecule has 2 rings (SSSR count). The Labute approximate surface area is 118 Å². The van der Waals surface area contributed by atoms with Gasteiger partial charge in [0.2, 0.25) is 0 Å². The molecule has 0 atom stereocenters. The first-order valence-corrected chi connectivity index (χ1v) is 7.13. The van der Waals surface area contributed by atoms with Crippen LogP contribution < -0.4 is 5.32 Å². The number of nitrogens with zero attached hydrogens (tertiary/aromatic N) is 2. The van der Waals surface area contributed by atoms with E-state index in [9.17, 15) is 13.6 Å². The number of hydrogen-bond donors (Lipinski definition) is 1. The quantitative estimate of drug-likeness (QED) is 0.802. The van der Waals surface area contributed by atoms with E-state index in [0.717, 1.165) is 13.1 Å². The molecule has 116 valence electrons. The lowest BCUT2D eigenvalue weighted by atomic mass is 9.90. The minimum atomic E-state index is -2.31. The van der Waals surface area contributed by atoms with Crippen LogP contribution in [0, 0.1) is 0 Å². The highest BCUT2D eigenvalue weighted by Gasteiger charge is 2.42. The summed E-state index contributed by atoms with van der Waals surface area (Å²) in [4.78, 5) is 16.1. The van der Waals surface area contributed by atoms with Crippen molar-refractivity contribution in [2.24, 2.45) is 0 Å². The van der Waals surface area contributed by atoms with Gasteiger partial charge in [0.05, 0.1) is 6.54 Å². The second-order valence-electron chi connectivity index (χ2n) is 5.43. The van der Waals surface area contributed by atoms with E-state index in [1.165, 1.54) is 0 Å². The van der Waals surface area contributed by atoms with Gasteiger partial charge in [-0.2, -0.15) is 0 Å². The van der Waals surface area contributed by atoms with E-state index < -0.39 is 12.0 Å². The zero-order valence-corrected chi connectivity index (χ0v) is 11.9. The van der Waals surface area contributed by atoms with Gasteiger partial charge in [0.15, 0.2) is 0 Å². The van der Waals surface area contributed by atoms with Crippen LogP contribution in [0.5, 0.6) is 0 Å². The Hall–Kier alpha value is -0.790. The van der Waals surface area contributed by atoms with Crippen molar-refractivity contribution in [2.45, 2.75) is 24.9 Å². The summed E-state index contributed by atoms with van der Waals surface area (Å²) in [5.74, 6) is 0.0122. The van der Waals surface area contributed by atoms with Gasteiger partial charge in [-0.25, -0.2) is 8.78 Å². The maximum Gasteiger partial charge on any atom is 0.254 e. The fraction of sp³-hybridized carbons (Fsp3) is 0.923. The molecule has 2 aliphatic rings. The van der Waals surface area contributed by atoms with Crippen LogP contribution in [-0.4, -0.2) is 80.7 Å². The van der Waals surface area contributed by atoms with Crippen LogP contribution in [0.3, 0.4) is 0 Å². The second kappa shape index (κ2) is 6.78. The van der Waals surface area contributed by atoms with Crippen molar-refractivity contribution in [3.63, 3.8) is 0 Å². The lowest BCUT2D eigenvalue weighted by Crippen LogP contribution is -2.59. The number of carbonyl (C=O) groups excluding carboxylic acids is 1. The molecule has 0 unspecified atom stereocenters. The number of piperazine rings is 1. The molecule has 0 radical (unpaired) electrons. The molecule has 0 saturated carbocycles. The molecule has 20 heavy (non-hydrogen) atoms. The van der Waals surface area contributed by atoms with Crippen LogP contribution in [0.25, 0.3) is 0 Å². The summed E-state index contributed by atoms with van der Waals surface area (Å²) in [6, 6.07) is 0. The van der Waals surface area contributed by atoms with Crippen LogP contribution in [0.4, 0.5) is 8.78 Å². The van der Waals surface area contributed by atoms with E-state index in [2.05, 4.69) is 5.32 Å². The van der Waals surface area contributed by atoms with Gasteiger partial charge in [0.1, 0.15) is 5.60 Å². The third-order valence-electron chi connectivity index (χ3n) is 4.25. The fourth-order valence-electron chi connectivity index (χ4n) is 2.95. The number of hydrogen-bond acceptors (Lipinski definition) is 4. The topological polar surface area (TPSA) is 44.8 Å². The number of amides is 1. The molecule has 0 bridgehead atoms. The van der Waals surface area contributed by atoms with Gasteiger partial charge in [0.25, 0.3) is 12.3 Å². The number of methoxy groups -OCH3 is 1. The monoisotopic (exact) mass is 291 g/mol. The van der Waals surface area contributed by atoms with Crippen molar-refractivity contribution in [3.8, 4) is 0 Å². The highest BCUT2D eigenvalue weighted by Crippen LogP contribution is 2.25. The third-order valence-corrected chi connectivity index (χ3v) is 4.25. The number of carbonyl (C=O) groups is 1. The normalized spacial score (nSPS) is 24.1. The number of ether oxygens (including phenoxy) is 1. The fourth-order valence-corrected chi connectivity index (χ4v) is 2.95. The number of piperidine rings is 1. The summed E-state index contributed by atoms with van der Waals surface area (Å²) < 4.78 is 30.2. The SMILES string of the molecule is COC1(C(=O)N2CCN(CC(F)F)CC2)CCNCC1. The molecular weight excluding hydrogens is 268 g/mol. The van der Waals surface area contributed by atoms with Gasteiger partial charge < -0.3 is 15.0 Å². The number of halogens is 2. The molecule has 0 spiro atoms. The van der Waals surface area contributed by atoms with Crippen molar-refractivity contribution >= 4 is 5.91 Å². The smallest absolute Gasteiger partial charge is 0.254 e. The summed E-state index contributed by atoms with van der Waals surface area (Å²) >= 11 is 0. The Morgan fingerprint density at radius 1 is 1.25 bits per heavy atom. The molecule has 7 heteroatoms. The van der Waals surface area contributed by atoms with Gasteiger partial charge in [0, 0.05) is 33.3 Å². The van der Waals surface area contributed by atoms with Crippen molar-refractivity contribution in [1.82, 2.24) is 15.1 Å². The standard InChI is InChI=1S/C13H23F2N3O2/c1-20-13(2-4-16-5-3-13)12(19)18-8-6-17(7-9-18)10-11(14)15/h11,16H,2-10H2,1H3. The zero-order chi connectivity index (χ0) is 14.6. The van der Waals surface area contributed by atoms with Gasteiger partial charge in [-0.3, -0.25) is 9.69 Å². The lowest BCUT2D eigenvalue weighted by Gasteiger charge is -2.42. The molecule has 2 saturated heterocycles. The Balaban J connectivity index is 1.90. The van der Waals surface area contributed by atoms with Crippen molar-refractivity contribution in [1.29, 1.82) is 0 Å². The molecule has 2 fully saturated rings. The predicted molar refractivity (Wildman–Crippen MR) is 70.9 cm³/mol. The Bertz CT molecular complexity index is 328. The third kappa shape index (κ3) is 3.45. The number of nitrogens with one attached hydrogen (secondary N) is 1. The van der Waals surface area contributed by atoms with Gasteiger partial charge in [-0.15, -0.1) is 0 Å². The molecule has 0 aliphatic carbocycles. The predicted octanol–water partition coefficient (Wildman–Crippen LogP) is 0.164. The minimum absolute atomic E-state index is 0.0122. The van der Waals surface area contributed by atoms with Gasteiger partial charge in [-0.1, -0.05) is 0 Å². The molecule has 1 N–H and O–H groups in total. The summed E-state index contributed by atoms with van der Waals surface area (Å²) in [5.41, 5.74) is -0.726. The van der Waals surface area contributed by atoms with Crippen LogP contribution in [0.15, 0.2) is 0 Å². The highest BCUT2D eigenvalue weighted by molar-refractivity contribution is 5.85. The van der Waals surface area contributed by atoms with Crippen molar-refractivity contribution in [3.05, 3.63) is 0 Å². The largest absolute Gasteiger partial charge is 0.368 e. The Morgan fingerprint density at radius 2 is 1.85 bits per heavy atom. The first kappa shape index (κ1) is 15.6. The van der Waals surface area contributed by atoms with E-state index in [1.54, 1.807) is 16.9 Å². The van der Waals surface area contributed by atoms with Gasteiger partial charge in [-0.05, 0) is 25.9 Å². The lowest BCUT2D eigenvalue weighted by molar-refractivity contribution is -0.160. The summed E-state index contributed by atoms with van der Waals surface area (Å²) in [7, 11) is 1.58. The second-order valence-corrected chi connectivity index (χ2v) is 5.43. The molecule has 0 aromatic carbocycles. The molecule has 2 heterocycles. The first-order valence-electron chi connectivity index (χ1n) is 7.13. The molecule has 0 aromatic heterocycles. The summed E-state index contributed by atoms with van der Waals surface area (Å²) in [6.45, 7) is 3.35. The average Bonchev–Trinajstić information content (AvgIpc) is 2.47. The average molecular weight is 291 g/mol. The van der Waals surface area contributed by atoms with E-state index in [4.69, 9.17) is 4.74 Å². The van der Waals surface area contributed by atoms with Crippen LogP contribution >= 0.6 is 0 Å². The maximum atomic E-state index is 12.6. The van der Waals surface area contributed by atoms with Crippen molar-refractivity contribution in [2.75, 3.05) is 52.9 Å². The van der Waals surface area contributed by atoms with Crippen molar-refractivity contribution < 1.29 is 18.3 Å². The van der Waals surface area contributed by atoms with E-state index in [1.807, 2.05) is 0 Å².